The zero-order valence-electron chi connectivity index (χ0n) is 15.2. The molecule has 140 valence electrons. The van der Waals surface area contributed by atoms with E-state index in [2.05, 4.69) is 20.4 Å². The summed E-state index contributed by atoms with van der Waals surface area (Å²) in [6.07, 6.45) is 4.46. The van der Waals surface area contributed by atoms with Crippen LogP contribution in [0.2, 0.25) is 0 Å². The lowest BCUT2D eigenvalue weighted by Crippen LogP contribution is -2.33. The highest BCUT2D eigenvalue weighted by atomic mass is 16.2. The zero-order valence-corrected chi connectivity index (χ0v) is 15.2. The van der Waals surface area contributed by atoms with Gasteiger partial charge in [-0.05, 0) is 18.4 Å². The van der Waals surface area contributed by atoms with E-state index in [4.69, 9.17) is 0 Å². The van der Waals surface area contributed by atoms with Crippen LogP contribution in [0, 0.1) is 5.92 Å². The Kier molecular flexibility index (Phi) is 4.62. The van der Waals surface area contributed by atoms with Crippen LogP contribution in [0.4, 0.5) is 5.69 Å². The Labute approximate surface area is 156 Å². The average molecular weight is 366 g/mol. The molecular weight excluding hydrogens is 344 g/mol. The lowest BCUT2D eigenvalue weighted by atomic mass is 10.1. The van der Waals surface area contributed by atoms with E-state index in [0.29, 0.717) is 12.5 Å². The molecule has 8 heteroatoms. The van der Waals surface area contributed by atoms with Gasteiger partial charge in [-0.25, -0.2) is 4.68 Å². The van der Waals surface area contributed by atoms with Gasteiger partial charge in [-0.2, -0.15) is 10.2 Å². The smallest absolute Gasteiger partial charge is 0.268 e. The number of nitrogens with zero attached hydrogens (tertiary/aromatic N) is 5. The van der Waals surface area contributed by atoms with Gasteiger partial charge in [0.2, 0.25) is 5.91 Å². The Balaban J connectivity index is 1.31. The summed E-state index contributed by atoms with van der Waals surface area (Å²) in [7, 11) is 1.64. The lowest BCUT2D eigenvalue weighted by Gasteiger charge is -2.18. The molecule has 27 heavy (non-hydrogen) atoms. The summed E-state index contributed by atoms with van der Waals surface area (Å²) in [6.45, 7) is 2.49. The van der Waals surface area contributed by atoms with Gasteiger partial charge in [-0.3, -0.25) is 14.3 Å². The van der Waals surface area contributed by atoms with Gasteiger partial charge >= 0.3 is 0 Å². The van der Waals surface area contributed by atoms with Gasteiger partial charge in [0.05, 0.1) is 23.6 Å². The van der Waals surface area contributed by atoms with Gasteiger partial charge in [0, 0.05) is 38.1 Å². The molecule has 1 atom stereocenters. The Morgan fingerprint density at radius 3 is 2.96 bits per heavy atom. The maximum atomic E-state index is 12.3. The van der Waals surface area contributed by atoms with Crippen molar-refractivity contribution in [2.45, 2.75) is 13.0 Å². The van der Waals surface area contributed by atoms with Crippen LogP contribution in [0.5, 0.6) is 0 Å². The number of nitrogens with one attached hydrogen (secondary N) is 1. The van der Waals surface area contributed by atoms with Crippen LogP contribution < -0.4 is 15.8 Å². The first-order chi connectivity index (χ1) is 13.1. The summed E-state index contributed by atoms with van der Waals surface area (Å²) >= 11 is 0. The molecule has 0 spiro atoms. The number of anilines is 1. The number of fused-ring (bicyclic) bond motifs is 1. The molecule has 1 aliphatic heterocycles. The Morgan fingerprint density at radius 2 is 2.11 bits per heavy atom. The summed E-state index contributed by atoms with van der Waals surface area (Å²) in [4.78, 5) is 26.2. The third kappa shape index (κ3) is 3.69. The molecule has 2 aromatic heterocycles. The van der Waals surface area contributed by atoms with Crippen LogP contribution in [0.3, 0.4) is 0 Å². The van der Waals surface area contributed by atoms with E-state index in [9.17, 15) is 9.59 Å². The highest BCUT2D eigenvalue weighted by Gasteiger charge is 2.23. The number of hydrogen-bond donors (Lipinski definition) is 1. The number of carbonyl (C=O) groups is 1. The number of rotatable bonds is 5. The maximum absolute atomic E-state index is 12.3. The van der Waals surface area contributed by atoms with Crippen LogP contribution in [-0.4, -0.2) is 45.1 Å². The van der Waals surface area contributed by atoms with Crippen molar-refractivity contribution < 1.29 is 4.79 Å². The van der Waals surface area contributed by atoms with E-state index in [1.165, 1.54) is 4.68 Å². The summed E-state index contributed by atoms with van der Waals surface area (Å²) in [6, 6.07) is 9.45. The summed E-state index contributed by atoms with van der Waals surface area (Å²) in [5.74, 6) is 0.310. The molecule has 0 bridgehead atoms. The molecule has 0 unspecified atom stereocenters. The van der Waals surface area contributed by atoms with Crippen LogP contribution >= 0.6 is 0 Å². The molecule has 1 aliphatic rings. The molecule has 1 N–H and O–H groups in total. The zero-order chi connectivity index (χ0) is 18.8. The summed E-state index contributed by atoms with van der Waals surface area (Å²) < 4.78 is 3.04. The predicted octanol–water partition coefficient (Wildman–Crippen LogP) is 0.773. The lowest BCUT2D eigenvalue weighted by molar-refractivity contribution is -0.121. The van der Waals surface area contributed by atoms with Gasteiger partial charge in [0.15, 0.2) is 0 Å². The van der Waals surface area contributed by atoms with Gasteiger partial charge in [-0.1, -0.05) is 18.2 Å². The van der Waals surface area contributed by atoms with Crippen molar-refractivity contribution in [2.24, 2.45) is 13.0 Å². The molecule has 1 aromatic carbocycles. The topological polar surface area (TPSA) is 85.1 Å². The molecule has 1 saturated heterocycles. The number of amides is 1. The first-order valence-electron chi connectivity index (χ1n) is 9.06. The van der Waals surface area contributed by atoms with Gasteiger partial charge in [-0.15, -0.1) is 0 Å². The second-order valence-electron chi connectivity index (χ2n) is 6.94. The third-order valence-electron chi connectivity index (χ3n) is 5.04. The van der Waals surface area contributed by atoms with E-state index in [1.807, 2.05) is 24.3 Å². The fraction of sp³-hybridized carbons (Fsp3) is 0.368. The monoisotopic (exact) mass is 366 g/mol. The molecule has 4 rings (SSSR count). The van der Waals surface area contributed by atoms with Crippen LogP contribution in [0.1, 0.15) is 6.42 Å². The van der Waals surface area contributed by atoms with Crippen molar-refractivity contribution in [3.05, 3.63) is 53.1 Å². The maximum Gasteiger partial charge on any atom is 0.268 e. The van der Waals surface area contributed by atoms with Crippen molar-refractivity contribution >= 4 is 22.5 Å². The first-order valence-corrected chi connectivity index (χ1v) is 9.06. The molecule has 0 saturated carbocycles. The Hall–Kier alpha value is -3.16. The van der Waals surface area contributed by atoms with E-state index < -0.39 is 0 Å². The van der Waals surface area contributed by atoms with E-state index in [1.54, 1.807) is 30.2 Å². The molecule has 3 heterocycles. The Bertz CT molecular complexity index is 1020. The number of para-hydroxylation sites is 1. The fourth-order valence-corrected chi connectivity index (χ4v) is 3.47. The normalized spacial score (nSPS) is 16.8. The molecule has 8 nitrogen and oxygen atoms in total. The molecule has 3 aromatic rings. The molecule has 0 aliphatic carbocycles. The minimum atomic E-state index is -0.115. The summed E-state index contributed by atoms with van der Waals surface area (Å²) in [5.41, 5.74) is 1.68. The van der Waals surface area contributed by atoms with E-state index in [0.717, 1.165) is 36.1 Å². The van der Waals surface area contributed by atoms with Crippen molar-refractivity contribution in [2.75, 3.05) is 24.5 Å². The SMILES string of the molecule is Cn1ncc(N2CC[C@@H](CNC(=O)Cn3ncc4ccccc43)C2)cc1=O. The standard InChI is InChI=1S/C19H22N6O2/c1-23-19(27)8-16(11-21-23)24-7-6-14(12-24)9-20-18(26)13-25-17-5-3-2-4-15(17)10-22-25/h2-5,8,10-11,14H,6-7,9,12-13H2,1H3,(H,20,26)/t14-/m0/s1. The average Bonchev–Trinajstić information content (AvgIpc) is 3.30. The van der Waals surface area contributed by atoms with E-state index in [-0.39, 0.29) is 18.0 Å². The largest absolute Gasteiger partial charge is 0.370 e. The third-order valence-corrected chi connectivity index (χ3v) is 5.04. The molecule has 1 amide bonds. The number of hydrogen-bond acceptors (Lipinski definition) is 5. The molecule has 1 fully saturated rings. The van der Waals surface area contributed by atoms with Crippen LogP contribution in [0.25, 0.3) is 10.9 Å². The van der Waals surface area contributed by atoms with E-state index >= 15 is 0 Å². The van der Waals surface area contributed by atoms with Gasteiger partial charge in [0.25, 0.3) is 5.56 Å². The number of aryl methyl sites for hydroxylation is 1. The highest BCUT2D eigenvalue weighted by Crippen LogP contribution is 2.21. The minimum Gasteiger partial charge on any atom is -0.370 e. The predicted molar refractivity (Wildman–Crippen MR) is 103 cm³/mol. The molecular formula is C19H22N6O2. The van der Waals surface area contributed by atoms with Crippen molar-refractivity contribution in [1.29, 1.82) is 0 Å². The second-order valence-corrected chi connectivity index (χ2v) is 6.94. The van der Waals surface area contributed by atoms with Crippen LogP contribution in [0.15, 0.2) is 47.5 Å². The first kappa shape index (κ1) is 17.3. The minimum absolute atomic E-state index is 0.0439. The summed E-state index contributed by atoms with van der Waals surface area (Å²) in [5, 5.41) is 12.4. The molecule has 0 radical (unpaired) electrons. The number of aromatic nitrogens is 4. The quantitative estimate of drug-likeness (QED) is 0.721. The van der Waals surface area contributed by atoms with Gasteiger partial charge in [0.1, 0.15) is 6.54 Å². The Morgan fingerprint density at radius 1 is 1.26 bits per heavy atom. The van der Waals surface area contributed by atoms with Gasteiger partial charge < -0.3 is 10.2 Å². The number of benzene rings is 1. The fourth-order valence-electron chi connectivity index (χ4n) is 3.47. The van der Waals surface area contributed by atoms with Crippen LogP contribution in [-0.2, 0) is 18.4 Å². The van der Waals surface area contributed by atoms with Crippen molar-refractivity contribution in [1.82, 2.24) is 24.9 Å². The van der Waals surface area contributed by atoms with Crippen molar-refractivity contribution in [3.8, 4) is 0 Å². The highest BCUT2D eigenvalue weighted by molar-refractivity contribution is 5.81. The van der Waals surface area contributed by atoms with Crippen molar-refractivity contribution in [3.63, 3.8) is 0 Å². The second kappa shape index (κ2) is 7.22. The number of carbonyl (C=O) groups excluding carboxylic acids is 1.